The third kappa shape index (κ3) is 3.79. The van der Waals surface area contributed by atoms with Crippen molar-refractivity contribution < 1.29 is 4.79 Å². The lowest BCUT2D eigenvalue weighted by Gasteiger charge is -2.33. The summed E-state index contributed by atoms with van der Waals surface area (Å²) in [5.41, 5.74) is 0.249. The van der Waals surface area contributed by atoms with Crippen LogP contribution in [0.2, 0.25) is 0 Å². The summed E-state index contributed by atoms with van der Waals surface area (Å²) in [4.78, 5) is 26.8. The van der Waals surface area contributed by atoms with Gasteiger partial charge in [0.25, 0.3) is 5.56 Å². The van der Waals surface area contributed by atoms with E-state index in [4.69, 9.17) is 0 Å². The molecule has 0 spiro atoms. The van der Waals surface area contributed by atoms with Gasteiger partial charge in [-0.3, -0.25) is 14.5 Å². The molecule has 0 radical (unpaired) electrons. The molecule has 3 rings (SSSR count). The number of piperidine rings is 1. The fourth-order valence-corrected chi connectivity index (χ4v) is 3.15. The molecule has 1 amide bonds. The molecule has 0 aliphatic carbocycles. The highest BCUT2D eigenvalue weighted by molar-refractivity contribution is 5.78. The van der Waals surface area contributed by atoms with E-state index in [0.29, 0.717) is 23.5 Å². The molecule has 1 aromatic heterocycles. The van der Waals surface area contributed by atoms with Crippen LogP contribution in [0.15, 0.2) is 29.1 Å². The summed E-state index contributed by atoms with van der Waals surface area (Å²) in [6, 6.07) is 7.57. The van der Waals surface area contributed by atoms with Gasteiger partial charge in [0, 0.05) is 19.1 Å². The summed E-state index contributed by atoms with van der Waals surface area (Å²) in [5, 5.41) is 11.2. The number of aromatic nitrogens is 3. The molecule has 7 heteroatoms. The first-order chi connectivity index (χ1) is 11.6. The number of carbonyl (C=O) groups excluding carboxylic acids is 1. The van der Waals surface area contributed by atoms with Crippen molar-refractivity contribution >= 4 is 16.8 Å². The summed E-state index contributed by atoms with van der Waals surface area (Å²) < 4.78 is 1.11. The minimum atomic E-state index is -0.291. The molecule has 1 aromatic carbocycles. The molecule has 2 heterocycles. The van der Waals surface area contributed by atoms with Crippen LogP contribution < -0.4 is 10.9 Å². The second kappa shape index (κ2) is 7.53. The largest absolute Gasteiger partial charge is 0.353 e. The van der Waals surface area contributed by atoms with Gasteiger partial charge in [0.1, 0.15) is 12.1 Å². The topological polar surface area (TPSA) is 80.1 Å². The number of benzene rings is 1. The van der Waals surface area contributed by atoms with E-state index in [2.05, 4.69) is 27.5 Å². The van der Waals surface area contributed by atoms with E-state index in [1.54, 1.807) is 24.3 Å². The fraction of sp³-hybridized carbons (Fsp3) is 0.529. The van der Waals surface area contributed by atoms with Gasteiger partial charge in [-0.2, -0.15) is 0 Å². The summed E-state index contributed by atoms with van der Waals surface area (Å²) in [6.45, 7) is 4.63. The Labute approximate surface area is 140 Å². The highest BCUT2D eigenvalue weighted by atomic mass is 16.2. The van der Waals surface area contributed by atoms with Crippen LogP contribution in [0.5, 0.6) is 0 Å². The van der Waals surface area contributed by atoms with Gasteiger partial charge in [0.05, 0.1) is 5.39 Å². The average molecular weight is 329 g/mol. The van der Waals surface area contributed by atoms with Crippen LogP contribution in [0.4, 0.5) is 0 Å². The van der Waals surface area contributed by atoms with Crippen molar-refractivity contribution in [2.45, 2.75) is 38.8 Å². The molecule has 0 bridgehead atoms. The molecule has 2 aromatic rings. The first-order valence-electron chi connectivity index (χ1n) is 8.48. The van der Waals surface area contributed by atoms with E-state index in [1.807, 2.05) is 0 Å². The van der Waals surface area contributed by atoms with Gasteiger partial charge >= 0.3 is 0 Å². The molecule has 1 N–H and O–H groups in total. The number of hydrogen-bond acceptors (Lipinski definition) is 5. The third-order valence-corrected chi connectivity index (χ3v) is 4.58. The van der Waals surface area contributed by atoms with Crippen LogP contribution in [0.25, 0.3) is 10.9 Å². The maximum atomic E-state index is 12.3. The summed E-state index contributed by atoms with van der Waals surface area (Å²) in [7, 11) is 0. The quantitative estimate of drug-likeness (QED) is 0.877. The Bertz CT molecular complexity index is 773. The Hall–Kier alpha value is -2.28. The Balaban J connectivity index is 1.55. The molecular formula is C17H23N5O2. The molecule has 1 saturated heterocycles. The molecule has 1 fully saturated rings. The van der Waals surface area contributed by atoms with Crippen LogP contribution >= 0.6 is 0 Å². The van der Waals surface area contributed by atoms with Gasteiger partial charge in [0.2, 0.25) is 5.91 Å². The fourth-order valence-electron chi connectivity index (χ4n) is 3.15. The number of rotatable bonds is 5. The number of carbonyl (C=O) groups is 1. The highest BCUT2D eigenvalue weighted by Crippen LogP contribution is 2.15. The maximum absolute atomic E-state index is 12.3. The number of likely N-dealkylation sites (tertiary alicyclic amines) is 1. The molecule has 1 aliphatic rings. The van der Waals surface area contributed by atoms with Gasteiger partial charge in [-0.25, -0.2) is 4.68 Å². The second-order valence-corrected chi connectivity index (χ2v) is 6.30. The maximum Gasteiger partial charge on any atom is 0.278 e. The lowest BCUT2D eigenvalue weighted by Crippen LogP contribution is -2.43. The molecular weight excluding hydrogens is 306 g/mol. The zero-order valence-corrected chi connectivity index (χ0v) is 13.9. The summed E-state index contributed by atoms with van der Waals surface area (Å²) >= 11 is 0. The monoisotopic (exact) mass is 329 g/mol. The van der Waals surface area contributed by atoms with Gasteiger partial charge in [0.15, 0.2) is 0 Å². The Morgan fingerprint density at radius 1 is 1.33 bits per heavy atom. The van der Waals surface area contributed by atoms with E-state index in [9.17, 15) is 9.59 Å². The summed E-state index contributed by atoms with van der Waals surface area (Å²) in [5.74, 6) is -0.216. The first kappa shape index (κ1) is 16.6. The normalized spacial score (nSPS) is 18.6. The number of fused-ring (bicyclic) bond motifs is 1. The predicted molar refractivity (Wildman–Crippen MR) is 91.7 cm³/mol. The lowest BCUT2D eigenvalue weighted by molar-refractivity contribution is -0.122. The lowest BCUT2D eigenvalue weighted by atomic mass is 10.0. The van der Waals surface area contributed by atoms with Crippen LogP contribution in [0, 0.1) is 0 Å². The van der Waals surface area contributed by atoms with E-state index in [1.165, 1.54) is 19.3 Å². The number of amides is 1. The first-order valence-corrected chi connectivity index (χ1v) is 8.48. The van der Waals surface area contributed by atoms with Crippen molar-refractivity contribution in [2.24, 2.45) is 0 Å². The van der Waals surface area contributed by atoms with Crippen LogP contribution in [0.1, 0.15) is 26.2 Å². The Kier molecular flexibility index (Phi) is 5.20. The minimum Gasteiger partial charge on any atom is -0.353 e. The molecule has 128 valence electrons. The highest BCUT2D eigenvalue weighted by Gasteiger charge is 2.17. The number of nitrogens with one attached hydrogen (secondary N) is 1. The molecule has 7 nitrogen and oxygen atoms in total. The second-order valence-electron chi connectivity index (χ2n) is 6.30. The van der Waals surface area contributed by atoms with Gasteiger partial charge < -0.3 is 5.32 Å². The van der Waals surface area contributed by atoms with E-state index < -0.39 is 0 Å². The van der Waals surface area contributed by atoms with Gasteiger partial charge in [-0.05, 0) is 38.4 Å². The van der Waals surface area contributed by atoms with Crippen LogP contribution in [0.3, 0.4) is 0 Å². The van der Waals surface area contributed by atoms with Crippen LogP contribution in [-0.4, -0.2) is 51.5 Å². The smallest absolute Gasteiger partial charge is 0.278 e. The van der Waals surface area contributed by atoms with E-state index in [-0.39, 0.29) is 18.0 Å². The third-order valence-electron chi connectivity index (χ3n) is 4.58. The van der Waals surface area contributed by atoms with E-state index in [0.717, 1.165) is 17.8 Å². The molecule has 24 heavy (non-hydrogen) atoms. The number of hydrogen-bond donors (Lipinski definition) is 1. The van der Waals surface area contributed by atoms with E-state index >= 15 is 0 Å². The SMILES string of the molecule is CC1CCCCN1CCNC(=O)Cn1nnc2ccccc2c1=O. The zero-order chi connectivity index (χ0) is 16.9. The van der Waals surface area contributed by atoms with Crippen molar-refractivity contribution in [3.05, 3.63) is 34.6 Å². The van der Waals surface area contributed by atoms with Crippen LogP contribution in [-0.2, 0) is 11.3 Å². The van der Waals surface area contributed by atoms with Crippen molar-refractivity contribution in [1.29, 1.82) is 0 Å². The van der Waals surface area contributed by atoms with Crippen molar-refractivity contribution in [2.75, 3.05) is 19.6 Å². The molecule has 1 aliphatic heterocycles. The van der Waals surface area contributed by atoms with Gasteiger partial charge in [-0.15, -0.1) is 5.10 Å². The predicted octanol–water partition coefficient (Wildman–Crippen LogP) is 0.782. The molecule has 0 saturated carbocycles. The van der Waals surface area contributed by atoms with Crippen molar-refractivity contribution in [3.8, 4) is 0 Å². The molecule has 1 atom stereocenters. The Morgan fingerprint density at radius 2 is 2.17 bits per heavy atom. The van der Waals surface area contributed by atoms with Gasteiger partial charge in [-0.1, -0.05) is 23.8 Å². The standard InChI is InChI=1S/C17H23N5O2/c1-13-6-4-5-10-21(13)11-9-18-16(23)12-22-17(24)14-7-2-3-8-15(14)19-20-22/h2-3,7-8,13H,4-6,9-12H2,1H3,(H,18,23). The summed E-state index contributed by atoms with van der Waals surface area (Å²) in [6.07, 6.45) is 3.73. The zero-order valence-electron chi connectivity index (χ0n) is 13.9. The van der Waals surface area contributed by atoms with Crippen molar-refractivity contribution in [1.82, 2.24) is 25.2 Å². The molecule has 1 unspecified atom stereocenters. The Morgan fingerprint density at radius 3 is 3.00 bits per heavy atom. The minimum absolute atomic E-state index is 0.105. The average Bonchev–Trinajstić information content (AvgIpc) is 2.59. The van der Waals surface area contributed by atoms with Crippen molar-refractivity contribution in [3.63, 3.8) is 0 Å². The number of nitrogens with zero attached hydrogens (tertiary/aromatic N) is 4.